The van der Waals surface area contributed by atoms with Gasteiger partial charge in [0.25, 0.3) is 5.91 Å². The van der Waals surface area contributed by atoms with E-state index in [1.165, 1.54) is 0 Å². The first kappa shape index (κ1) is 17.8. The number of nitrogens with one attached hydrogen (secondary N) is 1. The van der Waals surface area contributed by atoms with E-state index in [0.717, 1.165) is 0 Å². The number of anilines is 1. The van der Waals surface area contributed by atoms with Crippen molar-refractivity contribution < 1.29 is 28.4 Å². The predicted octanol–water partition coefficient (Wildman–Crippen LogP) is 1.49. The maximum absolute atomic E-state index is 12.2. The van der Waals surface area contributed by atoms with Crippen LogP contribution in [0.4, 0.5) is 5.69 Å². The Morgan fingerprint density at radius 1 is 1.24 bits per heavy atom. The summed E-state index contributed by atoms with van der Waals surface area (Å²) in [6, 6.07) is 3.18. The monoisotopic (exact) mass is 347 g/mol. The Balaban J connectivity index is 2.06. The van der Waals surface area contributed by atoms with Gasteiger partial charge in [0.15, 0.2) is 6.61 Å². The second kappa shape index (κ2) is 6.03. The normalized spacial score (nSPS) is 20.5. The number of fused-ring (bicyclic) bond motifs is 1. The van der Waals surface area contributed by atoms with Crippen molar-refractivity contribution in [2.75, 3.05) is 18.5 Å². The zero-order valence-corrected chi connectivity index (χ0v) is 15.1. The van der Waals surface area contributed by atoms with E-state index in [1.807, 2.05) is 27.7 Å². The molecule has 0 bridgehead atoms. The number of carbonyl (C=O) groups excluding carboxylic acids is 2. The number of amides is 1. The molecule has 1 N–H and O–H groups in total. The van der Waals surface area contributed by atoms with Gasteiger partial charge in [-0.1, -0.05) is 0 Å². The fourth-order valence-corrected chi connectivity index (χ4v) is 2.71. The van der Waals surface area contributed by atoms with Gasteiger partial charge in [-0.25, -0.2) is 4.79 Å². The Bertz CT molecular complexity index is 714. The molecule has 1 aromatic carbocycles. The standard InChI is InChI=1S/C17H22BNO6/c1-6-22-15(21)10-7-11(14-12(8-10)19-13(20)9-23-14)18-24-16(2,3)17(4,5)25-18/h7-8H,6,9H2,1-5H3,(H,19,20). The van der Waals surface area contributed by atoms with Gasteiger partial charge in [0.05, 0.1) is 29.1 Å². The van der Waals surface area contributed by atoms with Crippen molar-refractivity contribution in [3.05, 3.63) is 17.7 Å². The summed E-state index contributed by atoms with van der Waals surface area (Å²) >= 11 is 0. The third-order valence-electron chi connectivity index (χ3n) is 4.76. The Morgan fingerprint density at radius 2 is 1.88 bits per heavy atom. The molecule has 134 valence electrons. The lowest BCUT2D eigenvalue weighted by atomic mass is 9.77. The minimum absolute atomic E-state index is 0.0989. The summed E-state index contributed by atoms with van der Waals surface area (Å²) in [5, 5.41) is 2.72. The summed E-state index contributed by atoms with van der Waals surface area (Å²) in [5.41, 5.74) is 0.187. The number of ether oxygens (including phenoxy) is 2. The maximum atomic E-state index is 12.2. The van der Waals surface area contributed by atoms with Gasteiger partial charge in [-0.05, 0) is 46.8 Å². The highest BCUT2D eigenvalue weighted by molar-refractivity contribution is 6.63. The number of rotatable bonds is 3. The molecule has 2 heterocycles. The molecule has 0 atom stereocenters. The van der Waals surface area contributed by atoms with Crippen molar-refractivity contribution in [3.8, 4) is 5.75 Å². The van der Waals surface area contributed by atoms with Crippen LogP contribution in [0.15, 0.2) is 12.1 Å². The average molecular weight is 347 g/mol. The fourth-order valence-electron chi connectivity index (χ4n) is 2.71. The van der Waals surface area contributed by atoms with Gasteiger partial charge in [0.2, 0.25) is 0 Å². The molecular formula is C17H22BNO6. The third kappa shape index (κ3) is 3.11. The van der Waals surface area contributed by atoms with E-state index in [2.05, 4.69) is 5.32 Å². The summed E-state index contributed by atoms with van der Waals surface area (Å²) in [7, 11) is -0.719. The molecule has 0 aromatic heterocycles. The molecule has 8 heteroatoms. The summed E-state index contributed by atoms with van der Waals surface area (Å²) in [6.07, 6.45) is 0. The van der Waals surface area contributed by atoms with E-state index in [0.29, 0.717) is 22.5 Å². The van der Waals surface area contributed by atoms with E-state index < -0.39 is 24.3 Å². The Hall–Kier alpha value is -2.06. The molecule has 3 rings (SSSR count). The number of hydrogen-bond donors (Lipinski definition) is 1. The molecule has 1 aromatic rings. The van der Waals surface area contributed by atoms with Crippen molar-refractivity contribution in [3.63, 3.8) is 0 Å². The van der Waals surface area contributed by atoms with Crippen LogP contribution >= 0.6 is 0 Å². The van der Waals surface area contributed by atoms with Crippen LogP contribution in [0, 0.1) is 0 Å². The minimum atomic E-state index is -0.719. The van der Waals surface area contributed by atoms with E-state index in [9.17, 15) is 9.59 Å². The molecule has 25 heavy (non-hydrogen) atoms. The van der Waals surface area contributed by atoms with Gasteiger partial charge in [0, 0.05) is 5.46 Å². The molecule has 0 spiro atoms. The van der Waals surface area contributed by atoms with Crippen LogP contribution in [0.3, 0.4) is 0 Å². The molecule has 0 aliphatic carbocycles. The molecule has 1 saturated heterocycles. The fraction of sp³-hybridized carbons (Fsp3) is 0.529. The number of carbonyl (C=O) groups is 2. The largest absolute Gasteiger partial charge is 0.498 e. The van der Waals surface area contributed by atoms with Crippen molar-refractivity contribution >= 4 is 30.1 Å². The lowest BCUT2D eigenvalue weighted by molar-refractivity contribution is -0.118. The highest BCUT2D eigenvalue weighted by atomic mass is 16.7. The molecule has 1 fully saturated rings. The topological polar surface area (TPSA) is 83.1 Å². The molecule has 1 amide bonds. The first-order valence-electron chi connectivity index (χ1n) is 8.28. The number of hydrogen-bond acceptors (Lipinski definition) is 6. The highest BCUT2D eigenvalue weighted by Crippen LogP contribution is 2.38. The van der Waals surface area contributed by atoms with Gasteiger partial charge in [-0.15, -0.1) is 0 Å². The summed E-state index contributed by atoms with van der Waals surface area (Å²) < 4.78 is 22.8. The van der Waals surface area contributed by atoms with Gasteiger partial charge < -0.3 is 24.1 Å². The van der Waals surface area contributed by atoms with Crippen LogP contribution in [0.25, 0.3) is 0 Å². The quantitative estimate of drug-likeness (QED) is 0.659. The molecule has 7 nitrogen and oxygen atoms in total. The molecular weight excluding hydrogens is 325 g/mol. The second-order valence-corrected chi connectivity index (χ2v) is 7.09. The van der Waals surface area contributed by atoms with Crippen LogP contribution in [0.2, 0.25) is 0 Å². The van der Waals surface area contributed by atoms with E-state index in [-0.39, 0.29) is 19.1 Å². The van der Waals surface area contributed by atoms with Crippen LogP contribution in [-0.2, 0) is 18.8 Å². The molecule has 2 aliphatic rings. The molecule has 0 saturated carbocycles. The van der Waals surface area contributed by atoms with Gasteiger partial charge in [0.1, 0.15) is 5.75 Å². The van der Waals surface area contributed by atoms with E-state index in [1.54, 1.807) is 19.1 Å². The van der Waals surface area contributed by atoms with Crippen LogP contribution in [0.5, 0.6) is 5.75 Å². The predicted molar refractivity (Wildman–Crippen MR) is 92.2 cm³/mol. The average Bonchev–Trinajstić information content (AvgIpc) is 2.74. The minimum Gasteiger partial charge on any atom is -0.482 e. The van der Waals surface area contributed by atoms with Gasteiger partial charge in [-0.2, -0.15) is 0 Å². The van der Waals surface area contributed by atoms with Gasteiger partial charge in [-0.3, -0.25) is 4.79 Å². The highest BCUT2D eigenvalue weighted by Gasteiger charge is 2.53. The molecule has 2 aliphatic heterocycles. The van der Waals surface area contributed by atoms with E-state index in [4.69, 9.17) is 18.8 Å². The lowest BCUT2D eigenvalue weighted by Crippen LogP contribution is -2.41. The van der Waals surface area contributed by atoms with E-state index >= 15 is 0 Å². The summed E-state index contributed by atoms with van der Waals surface area (Å²) in [4.78, 5) is 23.8. The number of esters is 1. The van der Waals surface area contributed by atoms with Crippen molar-refractivity contribution in [1.29, 1.82) is 0 Å². The first-order valence-corrected chi connectivity index (χ1v) is 8.28. The Kier molecular flexibility index (Phi) is 4.29. The summed E-state index contributed by atoms with van der Waals surface area (Å²) in [5.74, 6) is -0.317. The number of benzene rings is 1. The lowest BCUT2D eigenvalue weighted by Gasteiger charge is -2.32. The first-order chi connectivity index (χ1) is 11.6. The Morgan fingerprint density at radius 3 is 2.48 bits per heavy atom. The van der Waals surface area contributed by atoms with Crippen LogP contribution < -0.4 is 15.5 Å². The molecule has 0 radical (unpaired) electrons. The SMILES string of the molecule is CCOC(=O)c1cc2c(c(B3OC(C)(C)C(C)(C)O3)c1)OCC(=O)N2. The maximum Gasteiger partial charge on any atom is 0.498 e. The second-order valence-electron chi connectivity index (χ2n) is 7.09. The smallest absolute Gasteiger partial charge is 0.482 e. The Labute approximate surface area is 147 Å². The zero-order valence-electron chi connectivity index (χ0n) is 15.1. The van der Waals surface area contributed by atoms with Crippen molar-refractivity contribution in [1.82, 2.24) is 0 Å². The zero-order chi connectivity index (χ0) is 18.4. The third-order valence-corrected chi connectivity index (χ3v) is 4.76. The van der Waals surface area contributed by atoms with Gasteiger partial charge >= 0.3 is 13.1 Å². The summed E-state index contributed by atoms with van der Waals surface area (Å²) in [6.45, 7) is 9.66. The van der Waals surface area contributed by atoms with Crippen molar-refractivity contribution in [2.24, 2.45) is 0 Å². The van der Waals surface area contributed by atoms with Crippen molar-refractivity contribution in [2.45, 2.75) is 45.8 Å². The molecule has 0 unspecified atom stereocenters. The van der Waals surface area contributed by atoms with Crippen LogP contribution in [-0.4, -0.2) is 43.4 Å². The van der Waals surface area contributed by atoms with Crippen LogP contribution in [0.1, 0.15) is 45.0 Å².